The van der Waals surface area contributed by atoms with Crippen LogP contribution in [0.15, 0.2) is 30.5 Å². The highest BCUT2D eigenvalue weighted by Gasteiger charge is 2.19. The van der Waals surface area contributed by atoms with Gasteiger partial charge in [0.1, 0.15) is 11.3 Å². The van der Waals surface area contributed by atoms with Gasteiger partial charge in [0.05, 0.1) is 12.8 Å². The Balaban J connectivity index is 1.96. The summed E-state index contributed by atoms with van der Waals surface area (Å²) in [4.78, 5) is 4.48. The Morgan fingerprint density at radius 2 is 1.75 bits per heavy atom. The van der Waals surface area contributed by atoms with Crippen molar-refractivity contribution in [3.63, 3.8) is 0 Å². The molecule has 0 aliphatic heterocycles. The Kier molecular flexibility index (Phi) is 4.29. The second kappa shape index (κ2) is 6.66. The van der Waals surface area contributed by atoms with E-state index in [2.05, 4.69) is 15.2 Å². The molecule has 2 heterocycles. The van der Waals surface area contributed by atoms with Gasteiger partial charge in [0, 0.05) is 42.7 Å². The van der Waals surface area contributed by atoms with E-state index in [1.807, 2.05) is 19.2 Å². The number of fused-ring (bicyclic) bond motifs is 1. The first-order valence-electron chi connectivity index (χ1n) is 8.54. The standard InChI is InChI=1S/C19H16F3N5O/c1-4-16-23-19(27(24-16)12-7-13(20)17(22)14(21)8-12)10-5-11-9-26(2)25-18(11)15(6-10)28-3/h5-9H,4H2,1-3H3. The van der Waals surface area contributed by atoms with Crippen LogP contribution < -0.4 is 4.74 Å². The number of rotatable bonds is 4. The summed E-state index contributed by atoms with van der Waals surface area (Å²) < 4.78 is 49.3. The fraction of sp³-hybridized carbons (Fsp3) is 0.211. The van der Waals surface area contributed by atoms with E-state index in [0.717, 1.165) is 17.5 Å². The lowest BCUT2D eigenvalue weighted by Gasteiger charge is -2.09. The van der Waals surface area contributed by atoms with Gasteiger partial charge in [0.15, 0.2) is 29.1 Å². The van der Waals surface area contributed by atoms with Crippen molar-refractivity contribution in [2.45, 2.75) is 13.3 Å². The highest BCUT2D eigenvalue weighted by Crippen LogP contribution is 2.32. The number of ether oxygens (including phenoxy) is 1. The second-order valence-electron chi connectivity index (χ2n) is 6.26. The van der Waals surface area contributed by atoms with Gasteiger partial charge >= 0.3 is 0 Å². The maximum absolute atomic E-state index is 13.8. The van der Waals surface area contributed by atoms with Crippen LogP contribution in [-0.2, 0) is 13.5 Å². The molecule has 0 aliphatic carbocycles. The molecule has 0 aliphatic rings. The highest BCUT2D eigenvalue weighted by molar-refractivity contribution is 5.88. The topological polar surface area (TPSA) is 57.8 Å². The molecule has 0 N–H and O–H groups in total. The lowest BCUT2D eigenvalue weighted by atomic mass is 10.1. The van der Waals surface area contributed by atoms with Crippen molar-refractivity contribution in [2.75, 3.05) is 7.11 Å². The third-order valence-electron chi connectivity index (χ3n) is 4.35. The van der Waals surface area contributed by atoms with Crippen molar-refractivity contribution in [3.05, 3.63) is 53.7 Å². The lowest BCUT2D eigenvalue weighted by molar-refractivity contribution is 0.418. The molecular weight excluding hydrogens is 371 g/mol. The smallest absolute Gasteiger partial charge is 0.194 e. The molecule has 4 aromatic rings. The number of aryl methyl sites for hydroxylation is 2. The third-order valence-corrected chi connectivity index (χ3v) is 4.35. The predicted molar refractivity (Wildman–Crippen MR) is 96.9 cm³/mol. The molecule has 0 spiro atoms. The summed E-state index contributed by atoms with van der Waals surface area (Å²) in [6.45, 7) is 1.86. The maximum Gasteiger partial charge on any atom is 0.194 e. The lowest BCUT2D eigenvalue weighted by Crippen LogP contribution is -2.03. The molecule has 144 valence electrons. The Labute approximate surface area is 158 Å². The molecule has 2 aromatic heterocycles. The average molecular weight is 387 g/mol. The van der Waals surface area contributed by atoms with Crippen LogP contribution >= 0.6 is 0 Å². The number of nitrogens with zero attached hydrogens (tertiary/aromatic N) is 5. The first-order chi connectivity index (χ1) is 13.4. The summed E-state index contributed by atoms with van der Waals surface area (Å²) in [5.41, 5.74) is 1.33. The fourth-order valence-electron chi connectivity index (χ4n) is 3.04. The van der Waals surface area contributed by atoms with Crippen molar-refractivity contribution in [3.8, 4) is 22.8 Å². The fourth-order valence-corrected chi connectivity index (χ4v) is 3.04. The van der Waals surface area contributed by atoms with Crippen LogP contribution in [0.4, 0.5) is 13.2 Å². The van der Waals surface area contributed by atoms with Gasteiger partial charge in [-0.1, -0.05) is 6.92 Å². The Morgan fingerprint density at radius 3 is 2.39 bits per heavy atom. The molecule has 28 heavy (non-hydrogen) atoms. The zero-order chi connectivity index (χ0) is 20.0. The van der Waals surface area contributed by atoms with E-state index in [9.17, 15) is 13.2 Å². The molecule has 0 radical (unpaired) electrons. The molecular formula is C19H16F3N5O. The molecule has 0 amide bonds. The minimum absolute atomic E-state index is 0.0313. The van der Waals surface area contributed by atoms with Crippen LogP contribution in [0.3, 0.4) is 0 Å². The zero-order valence-electron chi connectivity index (χ0n) is 15.4. The van der Waals surface area contributed by atoms with E-state index in [4.69, 9.17) is 4.74 Å². The molecule has 2 aromatic carbocycles. The molecule has 6 nitrogen and oxygen atoms in total. The van der Waals surface area contributed by atoms with Crippen molar-refractivity contribution in [1.82, 2.24) is 24.5 Å². The second-order valence-corrected chi connectivity index (χ2v) is 6.26. The van der Waals surface area contributed by atoms with Crippen LogP contribution in [0.1, 0.15) is 12.7 Å². The van der Waals surface area contributed by atoms with E-state index >= 15 is 0 Å². The van der Waals surface area contributed by atoms with Gasteiger partial charge < -0.3 is 4.74 Å². The molecule has 0 atom stereocenters. The van der Waals surface area contributed by atoms with E-state index in [1.165, 1.54) is 11.8 Å². The van der Waals surface area contributed by atoms with Gasteiger partial charge in [0.2, 0.25) is 0 Å². The maximum atomic E-state index is 13.8. The minimum Gasteiger partial charge on any atom is -0.494 e. The average Bonchev–Trinajstić information content (AvgIpc) is 3.27. The Morgan fingerprint density at radius 1 is 1.04 bits per heavy atom. The summed E-state index contributed by atoms with van der Waals surface area (Å²) in [5.74, 6) is -2.77. The van der Waals surface area contributed by atoms with Gasteiger partial charge in [-0.3, -0.25) is 4.68 Å². The van der Waals surface area contributed by atoms with Crippen molar-refractivity contribution in [2.24, 2.45) is 7.05 Å². The molecule has 0 saturated carbocycles. The summed E-state index contributed by atoms with van der Waals surface area (Å²) in [5, 5.41) is 9.48. The van der Waals surface area contributed by atoms with Gasteiger partial charge in [-0.15, -0.1) is 0 Å². The van der Waals surface area contributed by atoms with E-state index < -0.39 is 17.5 Å². The van der Waals surface area contributed by atoms with Crippen LogP contribution in [0.5, 0.6) is 5.75 Å². The number of halogens is 3. The van der Waals surface area contributed by atoms with Gasteiger partial charge in [-0.05, 0) is 12.1 Å². The Bertz CT molecular complexity index is 1170. The number of hydrogen-bond acceptors (Lipinski definition) is 4. The van der Waals surface area contributed by atoms with E-state index in [-0.39, 0.29) is 5.69 Å². The third kappa shape index (κ3) is 2.88. The summed E-state index contributed by atoms with van der Waals surface area (Å²) in [6, 6.07) is 5.33. The predicted octanol–water partition coefficient (Wildman–Crippen LogP) is 3.81. The van der Waals surface area contributed by atoms with Crippen molar-refractivity contribution < 1.29 is 17.9 Å². The number of hydrogen-bond donors (Lipinski definition) is 0. The number of aromatic nitrogens is 5. The van der Waals surface area contributed by atoms with Gasteiger partial charge in [0.25, 0.3) is 0 Å². The van der Waals surface area contributed by atoms with Crippen LogP contribution in [-0.4, -0.2) is 31.7 Å². The molecule has 0 bridgehead atoms. The highest BCUT2D eigenvalue weighted by atomic mass is 19.2. The van der Waals surface area contributed by atoms with E-state index in [0.29, 0.717) is 34.9 Å². The molecule has 9 heteroatoms. The Hall–Kier alpha value is -3.36. The number of benzene rings is 2. The zero-order valence-corrected chi connectivity index (χ0v) is 15.4. The first kappa shape index (κ1) is 18.0. The first-order valence-corrected chi connectivity index (χ1v) is 8.54. The molecule has 0 fully saturated rings. The van der Waals surface area contributed by atoms with Crippen molar-refractivity contribution in [1.29, 1.82) is 0 Å². The monoisotopic (exact) mass is 387 g/mol. The van der Waals surface area contributed by atoms with Crippen molar-refractivity contribution >= 4 is 10.9 Å². The van der Waals surface area contributed by atoms with E-state index in [1.54, 1.807) is 17.8 Å². The molecule has 0 saturated heterocycles. The van der Waals surface area contributed by atoms with Gasteiger partial charge in [-0.25, -0.2) is 22.8 Å². The largest absolute Gasteiger partial charge is 0.494 e. The minimum atomic E-state index is -1.53. The summed E-state index contributed by atoms with van der Waals surface area (Å²) in [7, 11) is 3.32. The molecule has 4 rings (SSSR count). The number of methoxy groups -OCH3 is 1. The van der Waals surface area contributed by atoms with Crippen LogP contribution in [0.25, 0.3) is 28.0 Å². The molecule has 0 unspecified atom stereocenters. The SMILES string of the molecule is CCc1nc(-c2cc(OC)c3nn(C)cc3c2)n(-c2cc(F)c(F)c(F)c2)n1. The van der Waals surface area contributed by atoms with Gasteiger partial charge in [-0.2, -0.15) is 10.2 Å². The van der Waals surface area contributed by atoms with Crippen LogP contribution in [0.2, 0.25) is 0 Å². The summed E-state index contributed by atoms with van der Waals surface area (Å²) in [6.07, 6.45) is 2.33. The quantitative estimate of drug-likeness (QED) is 0.500. The normalized spacial score (nSPS) is 11.4. The summed E-state index contributed by atoms with van der Waals surface area (Å²) >= 11 is 0. The van der Waals surface area contributed by atoms with Crippen LogP contribution in [0, 0.1) is 17.5 Å².